The van der Waals surface area contributed by atoms with Gasteiger partial charge >= 0.3 is 6.09 Å². The van der Waals surface area contributed by atoms with Crippen LogP contribution >= 0.6 is 0 Å². The number of amides is 3. The lowest BCUT2D eigenvalue weighted by molar-refractivity contribution is -0.170. The Morgan fingerprint density at radius 3 is 2.30 bits per heavy atom. The molecule has 0 bridgehead atoms. The van der Waals surface area contributed by atoms with E-state index in [4.69, 9.17) is 4.84 Å². The smallest absolute Gasteiger partial charge is 0.377 e. The molecule has 8 heteroatoms. The van der Waals surface area contributed by atoms with Gasteiger partial charge in [0, 0.05) is 43.9 Å². The number of ketones is 1. The molecule has 122 valence electrons. The second-order valence-electron chi connectivity index (χ2n) is 5.27. The number of Topliss-reactive ketones (excluding diaryl/α,β-unsaturated/α-hetero) is 1. The predicted octanol–water partition coefficient (Wildman–Crippen LogP) is 1.57. The summed E-state index contributed by atoms with van der Waals surface area (Å²) in [5, 5.41) is 2.85. The summed E-state index contributed by atoms with van der Waals surface area (Å²) in [6, 6.07) is 4.78. The van der Waals surface area contributed by atoms with Gasteiger partial charge in [-0.1, -0.05) is 0 Å². The maximum absolute atomic E-state index is 11.8. The fourth-order valence-electron chi connectivity index (χ4n) is 2.17. The van der Waals surface area contributed by atoms with Gasteiger partial charge in [-0.15, -0.1) is 5.06 Å². The van der Waals surface area contributed by atoms with Gasteiger partial charge in [0.1, 0.15) is 0 Å². The van der Waals surface area contributed by atoms with E-state index >= 15 is 0 Å². The van der Waals surface area contributed by atoms with E-state index in [9.17, 15) is 19.2 Å². The van der Waals surface area contributed by atoms with Crippen LogP contribution in [0.2, 0.25) is 0 Å². The molecular formula is C15H17N3O5. The van der Waals surface area contributed by atoms with Gasteiger partial charge in [-0.05, 0) is 25.1 Å². The molecule has 1 aromatic carbocycles. The van der Waals surface area contributed by atoms with Crippen molar-refractivity contribution in [2.75, 3.05) is 24.3 Å². The molecule has 0 unspecified atom stereocenters. The maximum atomic E-state index is 11.8. The zero-order chi connectivity index (χ0) is 17.1. The van der Waals surface area contributed by atoms with Crippen LogP contribution in [0.25, 0.3) is 0 Å². The molecule has 0 radical (unpaired) electrons. The Bertz CT molecular complexity index is 668. The Hall–Kier alpha value is -2.90. The summed E-state index contributed by atoms with van der Waals surface area (Å²) in [7, 11) is 3.60. The minimum atomic E-state index is -0.972. The van der Waals surface area contributed by atoms with Crippen LogP contribution in [0.15, 0.2) is 18.2 Å². The number of anilines is 2. The van der Waals surface area contributed by atoms with Gasteiger partial charge in [0.15, 0.2) is 5.78 Å². The van der Waals surface area contributed by atoms with Gasteiger partial charge in [-0.25, -0.2) is 4.79 Å². The number of nitrogens with one attached hydrogen (secondary N) is 1. The minimum Gasteiger partial charge on any atom is -0.377 e. The van der Waals surface area contributed by atoms with Gasteiger partial charge in [-0.2, -0.15) is 0 Å². The summed E-state index contributed by atoms with van der Waals surface area (Å²) in [5.74, 6) is -1.27. The Morgan fingerprint density at radius 2 is 1.78 bits per heavy atom. The lowest BCUT2D eigenvalue weighted by Crippen LogP contribution is -2.33. The quantitative estimate of drug-likeness (QED) is 0.668. The van der Waals surface area contributed by atoms with Gasteiger partial charge < -0.3 is 9.74 Å². The summed E-state index contributed by atoms with van der Waals surface area (Å²) in [4.78, 5) is 52.7. The molecule has 23 heavy (non-hydrogen) atoms. The summed E-state index contributed by atoms with van der Waals surface area (Å²) in [6.07, 6.45) is -0.920. The molecule has 1 aliphatic heterocycles. The third-order valence-corrected chi connectivity index (χ3v) is 3.28. The van der Waals surface area contributed by atoms with Crippen molar-refractivity contribution in [2.24, 2.45) is 0 Å². The van der Waals surface area contributed by atoms with Crippen molar-refractivity contribution in [2.45, 2.75) is 19.8 Å². The van der Waals surface area contributed by atoms with Crippen molar-refractivity contribution in [3.05, 3.63) is 23.8 Å². The second kappa shape index (κ2) is 6.47. The molecule has 2 rings (SSSR count). The van der Waals surface area contributed by atoms with Gasteiger partial charge in [-0.3, -0.25) is 19.7 Å². The van der Waals surface area contributed by atoms with Crippen LogP contribution in [0.4, 0.5) is 16.2 Å². The highest BCUT2D eigenvalue weighted by Gasteiger charge is 2.32. The first kappa shape index (κ1) is 16.5. The molecule has 1 aliphatic rings. The largest absolute Gasteiger partial charge is 0.436 e. The SMILES string of the molecule is CC(=O)c1cc(NC(=O)ON2C(=O)CCC2=O)ccc1N(C)C. The fraction of sp³-hybridized carbons (Fsp3) is 0.333. The minimum absolute atomic E-state index is 0.0259. The van der Waals surface area contributed by atoms with E-state index < -0.39 is 17.9 Å². The summed E-state index contributed by atoms with van der Waals surface area (Å²) >= 11 is 0. The predicted molar refractivity (Wildman–Crippen MR) is 82.0 cm³/mol. The third kappa shape index (κ3) is 3.65. The van der Waals surface area contributed by atoms with Crippen molar-refractivity contribution in [3.63, 3.8) is 0 Å². The lowest BCUT2D eigenvalue weighted by atomic mass is 10.1. The molecule has 0 aliphatic carbocycles. The number of benzene rings is 1. The van der Waals surface area contributed by atoms with E-state index in [-0.39, 0.29) is 18.6 Å². The number of hydroxylamine groups is 2. The highest BCUT2D eigenvalue weighted by atomic mass is 16.7. The van der Waals surface area contributed by atoms with Crippen molar-refractivity contribution in [1.29, 1.82) is 0 Å². The second-order valence-corrected chi connectivity index (χ2v) is 5.27. The van der Waals surface area contributed by atoms with Crippen LogP contribution in [0.1, 0.15) is 30.1 Å². The van der Waals surface area contributed by atoms with Gasteiger partial charge in [0.05, 0.1) is 0 Å². The Labute approximate surface area is 132 Å². The molecule has 0 spiro atoms. The van der Waals surface area contributed by atoms with Crippen molar-refractivity contribution in [1.82, 2.24) is 5.06 Å². The number of hydrogen-bond donors (Lipinski definition) is 1. The number of carbonyl (C=O) groups is 4. The Morgan fingerprint density at radius 1 is 1.17 bits per heavy atom. The number of carbonyl (C=O) groups excluding carboxylic acids is 4. The Balaban J connectivity index is 2.12. The molecule has 0 saturated carbocycles. The average molecular weight is 319 g/mol. The Kier molecular flexibility index (Phi) is 4.63. The van der Waals surface area contributed by atoms with Gasteiger partial charge in [0.2, 0.25) is 0 Å². The molecule has 1 saturated heterocycles. The summed E-state index contributed by atoms with van der Waals surface area (Å²) in [6.45, 7) is 1.42. The molecule has 8 nitrogen and oxygen atoms in total. The molecular weight excluding hydrogens is 302 g/mol. The molecule has 1 fully saturated rings. The number of rotatable bonds is 4. The van der Waals surface area contributed by atoms with Crippen molar-refractivity contribution >= 4 is 35.1 Å². The van der Waals surface area contributed by atoms with E-state index in [2.05, 4.69) is 5.32 Å². The fourth-order valence-corrected chi connectivity index (χ4v) is 2.17. The topological polar surface area (TPSA) is 96.0 Å². The van der Waals surface area contributed by atoms with Crippen LogP contribution in [0, 0.1) is 0 Å². The van der Waals surface area contributed by atoms with Crippen LogP contribution in [0.3, 0.4) is 0 Å². The van der Waals surface area contributed by atoms with E-state index in [0.717, 1.165) is 0 Å². The monoisotopic (exact) mass is 319 g/mol. The zero-order valence-electron chi connectivity index (χ0n) is 13.1. The molecule has 3 amide bonds. The first-order valence-corrected chi connectivity index (χ1v) is 6.96. The van der Waals surface area contributed by atoms with Crippen LogP contribution in [-0.2, 0) is 14.4 Å². The van der Waals surface area contributed by atoms with E-state index in [1.807, 2.05) is 0 Å². The van der Waals surface area contributed by atoms with E-state index in [1.54, 1.807) is 31.1 Å². The van der Waals surface area contributed by atoms with Crippen molar-refractivity contribution in [3.8, 4) is 0 Å². The normalized spacial score (nSPS) is 14.0. The summed E-state index contributed by atoms with van der Waals surface area (Å²) in [5.41, 5.74) is 1.47. The van der Waals surface area contributed by atoms with E-state index in [1.165, 1.54) is 13.0 Å². The van der Waals surface area contributed by atoms with Gasteiger partial charge in [0.25, 0.3) is 11.8 Å². The van der Waals surface area contributed by atoms with Crippen LogP contribution < -0.4 is 10.2 Å². The third-order valence-electron chi connectivity index (χ3n) is 3.28. The highest BCUT2D eigenvalue weighted by molar-refractivity contribution is 6.03. The van der Waals surface area contributed by atoms with E-state index in [0.29, 0.717) is 22.0 Å². The molecule has 1 heterocycles. The first-order chi connectivity index (χ1) is 10.8. The van der Waals surface area contributed by atoms with Crippen LogP contribution in [0.5, 0.6) is 0 Å². The molecule has 1 aromatic rings. The number of nitrogens with zero attached hydrogens (tertiary/aromatic N) is 2. The highest BCUT2D eigenvalue weighted by Crippen LogP contribution is 2.23. The average Bonchev–Trinajstić information content (AvgIpc) is 2.78. The van der Waals surface area contributed by atoms with Crippen LogP contribution in [-0.4, -0.2) is 42.8 Å². The lowest BCUT2D eigenvalue weighted by Gasteiger charge is -2.18. The zero-order valence-corrected chi connectivity index (χ0v) is 13.1. The van der Waals surface area contributed by atoms with Crippen molar-refractivity contribution < 1.29 is 24.0 Å². The molecule has 0 aromatic heterocycles. The molecule has 1 N–H and O–H groups in total. The number of imide groups is 1. The molecule has 0 atom stereocenters. The first-order valence-electron chi connectivity index (χ1n) is 6.96. The standard InChI is InChI=1S/C15H17N3O5/c1-9(19)11-8-10(4-5-12(11)17(2)3)16-15(22)23-18-13(20)6-7-14(18)21/h4-5,8H,6-7H2,1-3H3,(H,16,22). The maximum Gasteiger partial charge on any atom is 0.436 e. The number of hydrogen-bond acceptors (Lipinski definition) is 6. The summed E-state index contributed by atoms with van der Waals surface area (Å²) < 4.78 is 0.